The van der Waals surface area contributed by atoms with Crippen LogP contribution < -0.4 is 5.32 Å². The third kappa shape index (κ3) is 4.25. The topological polar surface area (TPSA) is 48.7 Å². The number of rotatable bonds is 5. The molecule has 2 atom stereocenters. The van der Waals surface area contributed by atoms with Crippen LogP contribution in [0.1, 0.15) is 42.2 Å². The quantitative estimate of drug-likeness (QED) is 0.619. The van der Waals surface area contributed by atoms with E-state index in [0.717, 1.165) is 45.2 Å². The lowest BCUT2D eigenvalue weighted by Crippen LogP contribution is -2.42. The van der Waals surface area contributed by atoms with Crippen LogP contribution in [0.15, 0.2) is 28.8 Å². The van der Waals surface area contributed by atoms with Gasteiger partial charge in [0.2, 0.25) is 0 Å². The Kier molecular flexibility index (Phi) is 6.01. The second kappa shape index (κ2) is 8.66. The Balaban J connectivity index is 1.37. The fourth-order valence-corrected chi connectivity index (χ4v) is 5.17. The number of fused-ring (bicyclic) bond motifs is 1. The van der Waals surface area contributed by atoms with Gasteiger partial charge in [0.25, 0.3) is 0 Å². The van der Waals surface area contributed by atoms with E-state index in [1.165, 1.54) is 24.0 Å². The number of aryl methyl sites for hydroxylation is 1. The number of nitrogens with one attached hydrogen (secondary N) is 1. The first kappa shape index (κ1) is 19.5. The zero-order valence-corrected chi connectivity index (χ0v) is 18.1. The van der Waals surface area contributed by atoms with Crippen LogP contribution in [0.2, 0.25) is 0 Å². The predicted molar refractivity (Wildman–Crippen MR) is 116 cm³/mol. The summed E-state index contributed by atoms with van der Waals surface area (Å²) in [6, 6.07) is 2.74. The molecular formula is C21H32N6S. The van der Waals surface area contributed by atoms with Gasteiger partial charge in [0, 0.05) is 62.8 Å². The molecule has 0 amide bonds. The molecule has 2 aromatic rings. The number of likely N-dealkylation sites (tertiary alicyclic amines) is 1. The summed E-state index contributed by atoms with van der Waals surface area (Å²) in [6.07, 6.45) is 6.50. The van der Waals surface area contributed by atoms with Gasteiger partial charge in [-0.2, -0.15) is 5.10 Å². The monoisotopic (exact) mass is 400 g/mol. The first-order valence-corrected chi connectivity index (χ1v) is 11.3. The van der Waals surface area contributed by atoms with E-state index in [0.29, 0.717) is 12.0 Å². The summed E-state index contributed by atoms with van der Waals surface area (Å²) in [5, 5.41) is 10.1. The zero-order valence-electron chi connectivity index (χ0n) is 17.3. The highest BCUT2D eigenvalue weighted by atomic mass is 32.1. The second-order valence-corrected chi connectivity index (χ2v) is 9.01. The highest BCUT2D eigenvalue weighted by molar-refractivity contribution is 7.10. The summed E-state index contributed by atoms with van der Waals surface area (Å²) >= 11 is 1.90. The van der Waals surface area contributed by atoms with Gasteiger partial charge in [0.1, 0.15) is 0 Å². The van der Waals surface area contributed by atoms with Crippen molar-refractivity contribution in [3.8, 4) is 0 Å². The maximum atomic E-state index is 5.02. The number of aromatic nitrogens is 2. The number of nitrogens with zero attached hydrogens (tertiary/aromatic N) is 5. The Labute approximate surface area is 172 Å². The summed E-state index contributed by atoms with van der Waals surface area (Å²) in [7, 11) is 1.99. The minimum atomic E-state index is 0.457. The molecule has 2 unspecified atom stereocenters. The Bertz CT molecular complexity index is 809. The Morgan fingerprint density at radius 1 is 1.43 bits per heavy atom. The van der Waals surface area contributed by atoms with E-state index in [9.17, 15) is 0 Å². The third-order valence-corrected chi connectivity index (χ3v) is 7.01. The van der Waals surface area contributed by atoms with Gasteiger partial charge < -0.3 is 10.2 Å². The van der Waals surface area contributed by atoms with E-state index >= 15 is 0 Å². The molecule has 0 aromatic carbocycles. The van der Waals surface area contributed by atoms with Crippen LogP contribution in [0.3, 0.4) is 0 Å². The molecule has 1 fully saturated rings. The smallest absolute Gasteiger partial charge is 0.193 e. The van der Waals surface area contributed by atoms with Crippen LogP contribution in [0, 0.1) is 0 Å². The van der Waals surface area contributed by atoms with Gasteiger partial charge in [0.05, 0.1) is 12.7 Å². The van der Waals surface area contributed by atoms with Crippen molar-refractivity contribution >= 4 is 17.3 Å². The molecule has 2 aliphatic heterocycles. The molecule has 0 radical (unpaired) electrons. The summed E-state index contributed by atoms with van der Waals surface area (Å²) in [5.41, 5.74) is 2.85. The molecule has 7 heteroatoms. The van der Waals surface area contributed by atoms with E-state index in [-0.39, 0.29) is 0 Å². The highest BCUT2D eigenvalue weighted by Gasteiger charge is 2.27. The Morgan fingerprint density at radius 3 is 3.11 bits per heavy atom. The van der Waals surface area contributed by atoms with Crippen LogP contribution >= 0.6 is 11.3 Å². The second-order valence-electron chi connectivity index (χ2n) is 8.01. The lowest BCUT2D eigenvalue weighted by atomic mass is 10.0. The van der Waals surface area contributed by atoms with Crippen molar-refractivity contribution in [1.29, 1.82) is 0 Å². The summed E-state index contributed by atoms with van der Waals surface area (Å²) in [6.45, 7) is 10.5. The van der Waals surface area contributed by atoms with Gasteiger partial charge in [0.15, 0.2) is 5.96 Å². The van der Waals surface area contributed by atoms with E-state index < -0.39 is 0 Å². The molecule has 1 saturated heterocycles. The van der Waals surface area contributed by atoms with Crippen molar-refractivity contribution < 1.29 is 0 Å². The number of hydrogen-bond acceptors (Lipinski definition) is 4. The van der Waals surface area contributed by atoms with Gasteiger partial charge in [-0.15, -0.1) is 11.3 Å². The minimum absolute atomic E-state index is 0.457. The van der Waals surface area contributed by atoms with Crippen LogP contribution in [0.25, 0.3) is 0 Å². The fraction of sp³-hybridized carbons (Fsp3) is 0.619. The van der Waals surface area contributed by atoms with Crippen molar-refractivity contribution in [3.05, 3.63) is 39.8 Å². The Hall–Kier alpha value is -1.86. The molecule has 6 nitrogen and oxygen atoms in total. The third-order valence-electron chi connectivity index (χ3n) is 5.98. The van der Waals surface area contributed by atoms with E-state index in [4.69, 9.17) is 4.99 Å². The molecule has 28 heavy (non-hydrogen) atoms. The molecule has 0 spiro atoms. The first-order valence-electron chi connectivity index (χ1n) is 10.4. The van der Waals surface area contributed by atoms with Gasteiger partial charge in [-0.25, -0.2) is 0 Å². The van der Waals surface area contributed by atoms with Crippen LogP contribution in [-0.2, 0) is 20.0 Å². The molecule has 152 valence electrons. The number of aliphatic imine (C=N–C) groups is 1. The first-order chi connectivity index (χ1) is 13.6. The van der Waals surface area contributed by atoms with Crippen LogP contribution in [0.4, 0.5) is 0 Å². The fourth-order valence-electron chi connectivity index (χ4n) is 4.28. The van der Waals surface area contributed by atoms with Crippen molar-refractivity contribution in [2.75, 3.05) is 32.7 Å². The summed E-state index contributed by atoms with van der Waals surface area (Å²) < 4.78 is 1.90. The lowest BCUT2D eigenvalue weighted by Gasteiger charge is -2.32. The van der Waals surface area contributed by atoms with E-state index in [1.54, 1.807) is 4.88 Å². The number of hydrogen-bond donors (Lipinski definition) is 1. The van der Waals surface area contributed by atoms with Crippen molar-refractivity contribution in [3.63, 3.8) is 0 Å². The van der Waals surface area contributed by atoms with E-state index in [2.05, 4.69) is 51.7 Å². The Morgan fingerprint density at radius 2 is 2.32 bits per heavy atom. The molecule has 4 heterocycles. The lowest BCUT2D eigenvalue weighted by molar-refractivity contribution is 0.196. The molecule has 0 bridgehead atoms. The minimum Gasteiger partial charge on any atom is -0.357 e. The molecular weight excluding hydrogens is 368 g/mol. The predicted octanol–water partition coefficient (Wildman–Crippen LogP) is 2.68. The normalized spacial score (nSPS) is 21.8. The molecule has 1 N–H and O–H groups in total. The number of thiophene rings is 1. The molecule has 0 aliphatic carbocycles. The summed E-state index contributed by atoms with van der Waals surface area (Å²) in [5.74, 6) is 1.61. The van der Waals surface area contributed by atoms with Gasteiger partial charge in [-0.1, -0.05) is 0 Å². The van der Waals surface area contributed by atoms with Crippen molar-refractivity contribution in [2.24, 2.45) is 12.0 Å². The molecule has 0 saturated carbocycles. The van der Waals surface area contributed by atoms with Crippen molar-refractivity contribution in [2.45, 2.75) is 45.2 Å². The SMILES string of the molecule is CCNC(=NCC(C)N1CCc2sccc2C1)N1CCC(c2cnn(C)c2)C1. The van der Waals surface area contributed by atoms with Crippen molar-refractivity contribution in [1.82, 2.24) is 24.9 Å². The average molecular weight is 401 g/mol. The van der Waals surface area contributed by atoms with Crippen LogP contribution in [-0.4, -0.2) is 64.3 Å². The standard InChI is InChI=1S/C21H32N6S/c1-4-22-21(27-8-5-17(14-27)19-12-24-25(3)13-19)23-11-16(2)26-9-6-20-18(15-26)7-10-28-20/h7,10,12-13,16-17H,4-6,8-9,11,14-15H2,1-3H3,(H,22,23). The van der Waals surface area contributed by atoms with Gasteiger partial charge in [-0.3, -0.25) is 14.6 Å². The molecule has 2 aliphatic rings. The zero-order chi connectivity index (χ0) is 19.5. The number of guanidine groups is 1. The van der Waals surface area contributed by atoms with Gasteiger partial charge in [-0.05, 0) is 49.3 Å². The maximum Gasteiger partial charge on any atom is 0.193 e. The average Bonchev–Trinajstić information content (AvgIpc) is 3.44. The van der Waals surface area contributed by atoms with Crippen LogP contribution in [0.5, 0.6) is 0 Å². The van der Waals surface area contributed by atoms with Gasteiger partial charge >= 0.3 is 0 Å². The molecule has 4 rings (SSSR count). The van der Waals surface area contributed by atoms with E-state index in [1.807, 2.05) is 29.3 Å². The summed E-state index contributed by atoms with van der Waals surface area (Å²) in [4.78, 5) is 11.6. The highest BCUT2D eigenvalue weighted by Crippen LogP contribution is 2.27. The molecule has 2 aromatic heterocycles. The largest absolute Gasteiger partial charge is 0.357 e. The maximum absolute atomic E-state index is 5.02.